The van der Waals surface area contributed by atoms with Crippen molar-refractivity contribution in [2.45, 2.75) is 19.4 Å². The smallest absolute Gasteiger partial charge is 0.281 e. The second kappa shape index (κ2) is 11.7. The topological polar surface area (TPSA) is 155 Å². The molecule has 5 N–H and O–H groups in total. The van der Waals surface area contributed by atoms with E-state index in [1.807, 2.05) is 29.3 Å². The normalized spacial score (nSPS) is 13.9. The molecule has 1 aliphatic rings. The Morgan fingerprint density at radius 3 is 2.52 bits per heavy atom. The summed E-state index contributed by atoms with van der Waals surface area (Å²) in [5.41, 5.74) is 12.3. The fourth-order valence-corrected chi connectivity index (χ4v) is 5.06. The van der Waals surface area contributed by atoms with Gasteiger partial charge in [0.2, 0.25) is 5.95 Å². The van der Waals surface area contributed by atoms with Crippen LogP contribution >= 0.6 is 11.6 Å². The first-order valence-electron chi connectivity index (χ1n) is 12.8. The third kappa shape index (κ3) is 5.61. The minimum atomic E-state index is -0.610. The van der Waals surface area contributed by atoms with E-state index in [1.165, 1.54) is 22.4 Å². The van der Waals surface area contributed by atoms with Crippen LogP contribution in [0, 0.1) is 17.1 Å². The Labute approximate surface area is 234 Å². The largest absolute Gasteiger partial charge is 0.382 e. The van der Waals surface area contributed by atoms with Gasteiger partial charge in [-0.15, -0.1) is 0 Å². The Balaban J connectivity index is 1.37. The number of fused-ring (bicyclic) bond motifs is 1. The predicted octanol–water partition coefficient (Wildman–Crippen LogP) is 2.51. The first kappa shape index (κ1) is 27.1. The van der Waals surface area contributed by atoms with Crippen LogP contribution in [0.4, 0.5) is 22.0 Å². The Bertz CT molecular complexity index is 1630. The van der Waals surface area contributed by atoms with Gasteiger partial charge in [0.25, 0.3) is 5.56 Å². The zero-order valence-electron chi connectivity index (χ0n) is 21.6. The van der Waals surface area contributed by atoms with E-state index in [0.29, 0.717) is 38.3 Å². The molecule has 3 heterocycles. The zero-order valence-corrected chi connectivity index (χ0v) is 22.4. The van der Waals surface area contributed by atoms with Crippen LogP contribution in [-0.2, 0) is 13.0 Å². The predicted molar refractivity (Wildman–Crippen MR) is 153 cm³/mol. The van der Waals surface area contributed by atoms with Crippen molar-refractivity contribution in [1.82, 2.24) is 24.5 Å². The number of nitrogens with zero attached hydrogens (tertiary/aromatic N) is 7. The Morgan fingerprint density at radius 2 is 1.80 bits per heavy atom. The molecule has 4 aromatic rings. The molecule has 0 atom stereocenters. The maximum absolute atomic E-state index is 14.8. The van der Waals surface area contributed by atoms with Crippen molar-refractivity contribution >= 4 is 40.1 Å². The number of hydrogen-bond acceptors (Lipinski definition) is 10. The third-order valence-electron chi connectivity index (χ3n) is 6.79. The number of aryl methyl sites for hydroxylation is 1. The molecule has 0 bridgehead atoms. The second-order valence-corrected chi connectivity index (χ2v) is 9.85. The number of benzene rings is 2. The highest BCUT2D eigenvalue weighted by atomic mass is 35.5. The standard InChI is InChI=1S/C27H28ClFN10O/c28-19-8-9-20(29)23-22(19)26(40)39(38-13-11-37(12-14-38)16-17-5-2-1-3-6-17)21(34-23)7-4-10-33-25-18(15-30)24(31)35-27(32)36-25/h1-3,5-6,8-9H,4,7,10-14,16H2,(H5,31,32,33,35,36). The first-order chi connectivity index (χ1) is 19.4. The number of halogens is 2. The maximum Gasteiger partial charge on any atom is 0.281 e. The van der Waals surface area contributed by atoms with Gasteiger partial charge in [-0.2, -0.15) is 15.2 Å². The van der Waals surface area contributed by atoms with E-state index in [-0.39, 0.29) is 39.1 Å². The van der Waals surface area contributed by atoms with E-state index in [2.05, 4.69) is 37.3 Å². The number of anilines is 3. The van der Waals surface area contributed by atoms with Crippen LogP contribution in [0.1, 0.15) is 23.4 Å². The summed E-state index contributed by atoms with van der Waals surface area (Å²) in [5.74, 6) is -0.0340. The zero-order chi connectivity index (χ0) is 28.2. The summed E-state index contributed by atoms with van der Waals surface area (Å²) in [5, 5.41) is 14.6. The lowest BCUT2D eigenvalue weighted by molar-refractivity contribution is 0.229. The monoisotopic (exact) mass is 562 g/mol. The van der Waals surface area contributed by atoms with Gasteiger partial charge in [-0.1, -0.05) is 41.9 Å². The summed E-state index contributed by atoms with van der Waals surface area (Å²) in [4.78, 5) is 28.5. The van der Waals surface area contributed by atoms with E-state index in [1.54, 1.807) is 0 Å². The molecule has 2 aromatic heterocycles. The average Bonchev–Trinajstić information content (AvgIpc) is 2.94. The van der Waals surface area contributed by atoms with Crippen LogP contribution in [0.3, 0.4) is 0 Å². The molecule has 1 saturated heterocycles. The van der Waals surface area contributed by atoms with Gasteiger partial charge < -0.3 is 21.8 Å². The molecule has 40 heavy (non-hydrogen) atoms. The molecule has 0 aliphatic carbocycles. The summed E-state index contributed by atoms with van der Waals surface area (Å²) in [6.07, 6.45) is 0.828. The van der Waals surface area contributed by atoms with Crippen LogP contribution in [0.15, 0.2) is 47.3 Å². The lowest BCUT2D eigenvalue weighted by Crippen LogP contribution is -2.55. The third-order valence-corrected chi connectivity index (χ3v) is 7.10. The molecule has 1 fully saturated rings. The van der Waals surface area contributed by atoms with Crippen molar-refractivity contribution in [2.75, 3.05) is 54.5 Å². The Kier molecular flexibility index (Phi) is 7.95. The Hall–Kier alpha value is -4.47. The van der Waals surface area contributed by atoms with E-state index >= 15 is 0 Å². The van der Waals surface area contributed by atoms with E-state index in [0.717, 1.165) is 19.6 Å². The molecule has 1 aliphatic heterocycles. The number of nitriles is 1. The fourth-order valence-electron chi connectivity index (χ4n) is 4.83. The SMILES string of the molecule is N#Cc1c(N)nc(N)nc1NCCCc1nc2c(F)ccc(Cl)c2c(=O)n1N1CCN(Cc2ccccc2)CC1. The highest BCUT2D eigenvalue weighted by molar-refractivity contribution is 6.35. The molecule has 0 unspecified atom stereocenters. The molecule has 0 amide bonds. The van der Waals surface area contributed by atoms with Crippen LogP contribution < -0.4 is 27.4 Å². The van der Waals surface area contributed by atoms with Gasteiger partial charge in [0.05, 0.1) is 10.4 Å². The number of nitrogen functional groups attached to an aromatic ring is 2. The van der Waals surface area contributed by atoms with Crippen molar-refractivity contribution < 1.29 is 4.39 Å². The van der Waals surface area contributed by atoms with E-state index < -0.39 is 11.4 Å². The molecule has 11 nitrogen and oxygen atoms in total. The molecule has 206 valence electrons. The molecular weight excluding hydrogens is 535 g/mol. The van der Waals surface area contributed by atoms with Gasteiger partial charge in [-0.05, 0) is 24.1 Å². The minimum Gasteiger partial charge on any atom is -0.382 e. The van der Waals surface area contributed by atoms with Crippen molar-refractivity contribution in [3.05, 3.63) is 80.6 Å². The lowest BCUT2D eigenvalue weighted by Gasteiger charge is -2.37. The summed E-state index contributed by atoms with van der Waals surface area (Å²) in [6.45, 7) is 3.83. The molecule has 13 heteroatoms. The number of hydrogen-bond donors (Lipinski definition) is 3. The molecule has 5 rings (SSSR count). The number of piperazine rings is 1. The van der Waals surface area contributed by atoms with Crippen LogP contribution in [0.5, 0.6) is 0 Å². The molecular formula is C27H28ClFN10O. The highest BCUT2D eigenvalue weighted by Gasteiger charge is 2.24. The van der Waals surface area contributed by atoms with E-state index in [4.69, 9.17) is 23.1 Å². The Morgan fingerprint density at radius 1 is 1.05 bits per heavy atom. The maximum atomic E-state index is 14.8. The molecule has 0 spiro atoms. The second-order valence-electron chi connectivity index (χ2n) is 9.45. The van der Waals surface area contributed by atoms with Gasteiger partial charge in [0, 0.05) is 45.7 Å². The quantitative estimate of drug-likeness (QED) is 0.273. The molecule has 2 aromatic carbocycles. The average molecular weight is 563 g/mol. The summed E-state index contributed by atoms with van der Waals surface area (Å²) < 4.78 is 16.3. The fraction of sp³-hybridized carbons (Fsp3) is 0.296. The van der Waals surface area contributed by atoms with Gasteiger partial charge in [0.1, 0.15) is 34.6 Å². The lowest BCUT2D eigenvalue weighted by atomic mass is 10.2. The summed E-state index contributed by atoms with van der Waals surface area (Å²) in [7, 11) is 0. The highest BCUT2D eigenvalue weighted by Crippen LogP contribution is 2.23. The van der Waals surface area contributed by atoms with Crippen molar-refractivity contribution in [3.63, 3.8) is 0 Å². The van der Waals surface area contributed by atoms with Gasteiger partial charge in [-0.25, -0.2) is 14.1 Å². The number of rotatable bonds is 8. The first-order valence-corrected chi connectivity index (χ1v) is 13.2. The van der Waals surface area contributed by atoms with Gasteiger partial charge in [-0.3, -0.25) is 9.69 Å². The van der Waals surface area contributed by atoms with Crippen molar-refractivity contribution in [1.29, 1.82) is 5.26 Å². The number of nitrogens with one attached hydrogen (secondary N) is 1. The number of nitrogens with two attached hydrogens (primary N) is 2. The van der Waals surface area contributed by atoms with Gasteiger partial charge >= 0.3 is 0 Å². The minimum absolute atomic E-state index is 0.0127. The van der Waals surface area contributed by atoms with Crippen LogP contribution in [-0.4, -0.2) is 57.3 Å². The number of aromatic nitrogens is 4. The van der Waals surface area contributed by atoms with E-state index in [9.17, 15) is 14.4 Å². The van der Waals surface area contributed by atoms with Gasteiger partial charge in [0.15, 0.2) is 5.82 Å². The van der Waals surface area contributed by atoms with Crippen molar-refractivity contribution in [3.8, 4) is 6.07 Å². The summed E-state index contributed by atoms with van der Waals surface area (Å²) in [6, 6.07) is 14.8. The van der Waals surface area contributed by atoms with Crippen LogP contribution in [0.25, 0.3) is 10.9 Å². The van der Waals surface area contributed by atoms with Crippen molar-refractivity contribution in [2.24, 2.45) is 0 Å². The molecule has 0 radical (unpaired) electrons. The van der Waals surface area contributed by atoms with Crippen LogP contribution in [0.2, 0.25) is 5.02 Å². The molecule has 0 saturated carbocycles. The summed E-state index contributed by atoms with van der Waals surface area (Å²) >= 11 is 6.34.